The van der Waals surface area contributed by atoms with Gasteiger partial charge in [0.1, 0.15) is 5.82 Å². The van der Waals surface area contributed by atoms with E-state index in [1.54, 1.807) is 26.0 Å². The smallest absolute Gasteiger partial charge is 0.435 e. The third-order valence-electron chi connectivity index (χ3n) is 5.78. The average molecular weight is 578 g/mol. The third-order valence-corrected chi connectivity index (χ3v) is 7.84. The van der Waals surface area contributed by atoms with E-state index >= 15 is 0 Å². The molecule has 3 rings (SSSR count). The second-order valence-electron chi connectivity index (χ2n) is 9.06. The molecule has 0 bridgehead atoms. The molecule has 0 unspecified atom stereocenters. The van der Waals surface area contributed by atoms with Crippen LogP contribution in [0, 0.1) is 11.6 Å². The highest BCUT2D eigenvalue weighted by Crippen LogP contribution is 2.28. The predicted octanol–water partition coefficient (Wildman–Crippen LogP) is 5.71. The van der Waals surface area contributed by atoms with Crippen molar-refractivity contribution in [2.45, 2.75) is 44.6 Å². The van der Waals surface area contributed by atoms with Gasteiger partial charge in [-0.2, -0.15) is 0 Å². The van der Waals surface area contributed by atoms with E-state index < -0.39 is 38.9 Å². The Morgan fingerprint density at radius 1 is 1.03 bits per heavy atom. The Labute approximate surface area is 231 Å². The molecule has 1 N–H and O–H groups in total. The summed E-state index contributed by atoms with van der Waals surface area (Å²) in [6.07, 6.45) is 1.38. The van der Waals surface area contributed by atoms with Gasteiger partial charge in [-0.1, -0.05) is 30.7 Å². The van der Waals surface area contributed by atoms with Crippen molar-refractivity contribution in [2.75, 3.05) is 11.1 Å². The number of anilines is 1. The molecular weight excluding hydrogens is 550 g/mol. The van der Waals surface area contributed by atoms with Crippen LogP contribution in [0.1, 0.15) is 33.3 Å². The zero-order valence-corrected chi connectivity index (χ0v) is 23.4. The highest BCUT2D eigenvalue weighted by molar-refractivity contribution is 7.91. The summed E-state index contributed by atoms with van der Waals surface area (Å²) in [5, 5.41) is 2.49. The van der Waals surface area contributed by atoms with E-state index in [0.29, 0.717) is 5.56 Å². The van der Waals surface area contributed by atoms with Crippen molar-refractivity contribution in [2.24, 2.45) is 0 Å². The summed E-state index contributed by atoms with van der Waals surface area (Å²) in [4.78, 5) is 25.8. The Hall–Kier alpha value is -3.63. The van der Waals surface area contributed by atoms with E-state index in [2.05, 4.69) is 5.32 Å². The van der Waals surface area contributed by atoms with Crippen LogP contribution in [-0.2, 0) is 25.8 Å². The van der Waals surface area contributed by atoms with Crippen LogP contribution in [0.15, 0.2) is 65.6 Å². The van der Waals surface area contributed by atoms with Gasteiger partial charge in [-0.25, -0.2) is 22.0 Å². The number of sulfone groups is 1. The SMILES string of the molecule is CC=[N+](C(=O)C(C)(C)Oc1ccc(NC(=O)Cc2ccc(S(=O)(=O)CC)cc2)cc1F)c1ccc(Cl)c(F)c1. The normalized spacial score (nSPS) is 12.2. The maximum Gasteiger partial charge on any atom is 0.435 e. The molecule has 0 heterocycles. The lowest BCUT2D eigenvalue weighted by Gasteiger charge is -2.22. The summed E-state index contributed by atoms with van der Waals surface area (Å²) in [5.74, 6) is -2.78. The van der Waals surface area contributed by atoms with Gasteiger partial charge in [0.15, 0.2) is 27.6 Å². The Bertz CT molecular complexity index is 1540. The van der Waals surface area contributed by atoms with Crippen LogP contribution in [0.2, 0.25) is 5.02 Å². The minimum absolute atomic E-state index is 0.0267. The first-order valence-corrected chi connectivity index (χ1v) is 14.0. The summed E-state index contributed by atoms with van der Waals surface area (Å²) >= 11 is 5.73. The van der Waals surface area contributed by atoms with Crippen LogP contribution in [-0.4, -0.2) is 42.4 Å². The lowest BCUT2D eigenvalue weighted by molar-refractivity contribution is -0.375. The Balaban J connectivity index is 1.69. The highest BCUT2D eigenvalue weighted by atomic mass is 35.5. The van der Waals surface area contributed by atoms with E-state index in [9.17, 15) is 26.8 Å². The molecule has 0 atom stereocenters. The molecule has 11 heteroatoms. The van der Waals surface area contributed by atoms with Crippen molar-refractivity contribution in [3.8, 4) is 5.75 Å². The fourth-order valence-electron chi connectivity index (χ4n) is 3.66. The molecule has 39 heavy (non-hydrogen) atoms. The maximum atomic E-state index is 14.9. The van der Waals surface area contributed by atoms with E-state index in [0.717, 1.165) is 12.1 Å². The standard InChI is InChI=1S/C28H27ClF2N2O5S/c1-5-33(20-10-13-22(29)23(30)17-20)27(35)28(3,4)38-25-14-9-19(16-24(25)31)32-26(34)15-18-7-11-21(12-8-18)39(36,37)6-2/h5,7-14,16-17H,6,15H2,1-4H3/p+1. The second kappa shape index (κ2) is 12.0. The molecule has 0 spiro atoms. The minimum atomic E-state index is -3.34. The number of carbonyl (C=O) groups is 2. The van der Waals surface area contributed by atoms with Crippen LogP contribution >= 0.6 is 11.6 Å². The van der Waals surface area contributed by atoms with Crippen LogP contribution in [0.5, 0.6) is 5.75 Å². The van der Waals surface area contributed by atoms with Crippen LogP contribution in [0.4, 0.5) is 20.2 Å². The van der Waals surface area contributed by atoms with Gasteiger partial charge in [0.05, 0.1) is 22.1 Å². The molecule has 0 aromatic heterocycles. The van der Waals surface area contributed by atoms with Crippen molar-refractivity contribution in [1.82, 2.24) is 0 Å². The van der Waals surface area contributed by atoms with Gasteiger partial charge in [0.25, 0.3) is 0 Å². The second-order valence-corrected chi connectivity index (χ2v) is 11.7. The van der Waals surface area contributed by atoms with E-state index in [-0.39, 0.29) is 39.2 Å². The van der Waals surface area contributed by atoms with Crippen LogP contribution in [0.3, 0.4) is 0 Å². The molecule has 3 aromatic rings. The molecule has 0 aliphatic rings. The number of ether oxygens (including phenoxy) is 1. The fraction of sp³-hybridized carbons (Fsp3) is 0.250. The van der Waals surface area contributed by atoms with Crippen molar-refractivity contribution in [3.63, 3.8) is 0 Å². The average Bonchev–Trinajstić information content (AvgIpc) is 2.88. The monoisotopic (exact) mass is 577 g/mol. The van der Waals surface area contributed by atoms with E-state index in [4.69, 9.17) is 16.3 Å². The van der Waals surface area contributed by atoms with Gasteiger partial charge >= 0.3 is 5.91 Å². The lowest BCUT2D eigenvalue weighted by Crippen LogP contribution is -2.43. The predicted molar refractivity (Wildman–Crippen MR) is 146 cm³/mol. The Morgan fingerprint density at radius 3 is 2.26 bits per heavy atom. The Kier molecular flexibility index (Phi) is 9.24. The molecule has 0 saturated heterocycles. The number of nitrogens with zero attached hydrogens (tertiary/aromatic N) is 1. The molecule has 0 radical (unpaired) electrons. The zero-order chi connectivity index (χ0) is 29.0. The summed E-state index contributed by atoms with van der Waals surface area (Å²) in [5.41, 5.74) is -0.576. The van der Waals surface area contributed by atoms with Crippen molar-refractivity contribution in [1.29, 1.82) is 0 Å². The van der Waals surface area contributed by atoms with Crippen molar-refractivity contribution in [3.05, 3.63) is 82.9 Å². The first-order valence-electron chi connectivity index (χ1n) is 12.0. The van der Waals surface area contributed by atoms with Crippen LogP contribution < -0.4 is 10.1 Å². The van der Waals surface area contributed by atoms with Gasteiger partial charge in [-0.15, -0.1) is 4.58 Å². The number of amides is 2. The lowest BCUT2D eigenvalue weighted by atomic mass is 10.1. The van der Waals surface area contributed by atoms with Gasteiger partial charge in [0, 0.05) is 30.8 Å². The zero-order valence-electron chi connectivity index (χ0n) is 21.8. The van der Waals surface area contributed by atoms with Gasteiger partial charge < -0.3 is 10.1 Å². The number of rotatable bonds is 9. The largest absolute Gasteiger partial charge is 0.470 e. The van der Waals surface area contributed by atoms with E-state index in [1.165, 1.54) is 61.0 Å². The minimum Gasteiger partial charge on any atom is -0.470 e. The van der Waals surface area contributed by atoms with Crippen LogP contribution in [0.25, 0.3) is 0 Å². The summed E-state index contributed by atoms with van der Waals surface area (Å²) < 4.78 is 59.6. The fourth-order valence-corrected chi connectivity index (χ4v) is 4.66. The molecule has 0 aliphatic heterocycles. The number of benzene rings is 3. The van der Waals surface area contributed by atoms with Gasteiger partial charge in [-0.05, 0) is 49.7 Å². The number of hydrogen-bond donors (Lipinski definition) is 1. The molecule has 206 valence electrons. The third kappa shape index (κ3) is 7.27. The number of carbonyl (C=O) groups excluding carboxylic acids is 2. The first kappa shape index (κ1) is 29.9. The summed E-state index contributed by atoms with van der Waals surface area (Å²) in [7, 11) is -3.34. The summed E-state index contributed by atoms with van der Waals surface area (Å²) in [6.45, 7) is 6.03. The van der Waals surface area contributed by atoms with Crippen molar-refractivity contribution >= 4 is 50.8 Å². The van der Waals surface area contributed by atoms with Crippen molar-refractivity contribution < 1.29 is 36.1 Å². The topological polar surface area (TPSA) is 92.5 Å². The maximum absolute atomic E-state index is 14.9. The quantitative estimate of drug-likeness (QED) is 0.260. The molecule has 0 aliphatic carbocycles. The molecule has 0 fully saturated rings. The molecule has 0 saturated carbocycles. The van der Waals surface area contributed by atoms with Gasteiger partial charge in [0.2, 0.25) is 17.2 Å². The number of halogens is 3. The Morgan fingerprint density at radius 2 is 1.69 bits per heavy atom. The number of hydrogen-bond acceptors (Lipinski definition) is 5. The first-order chi connectivity index (χ1) is 18.3. The summed E-state index contributed by atoms with van der Waals surface area (Å²) in [6, 6.07) is 13.6. The molecular formula is C28H28ClF2N2O5S+. The molecule has 3 aromatic carbocycles. The van der Waals surface area contributed by atoms with Gasteiger partial charge in [-0.3, -0.25) is 4.79 Å². The highest BCUT2D eigenvalue weighted by Gasteiger charge is 2.41. The number of nitrogens with one attached hydrogen (secondary N) is 1. The molecule has 2 amide bonds. The van der Waals surface area contributed by atoms with E-state index in [1.807, 2.05) is 0 Å². The molecule has 7 nitrogen and oxygen atoms in total.